The highest BCUT2D eigenvalue weighted by Gasteiger charge is 2.32. The van der Waals surface area contributed by atoms with Gasteiger partial charge in [-0.15, -0.1) is 0 Å². The lowest BCUT2D eigenvalue weighted by Crippen LogP contribution is -2.51. The first-order valence-corrected chi connectivity index (χ1v) is 11.6. The number of piperazine rings is 1. The minimum Gasteiger partial charge on any atom is -0.460 e. The number of carbonyl (C=O) groups is 1. The van der Waals surface area contributed by atoms with Gasteiger partial charge in [-0.1, -0.05) is 23.2 Å². The maximum absolute atomic E-state index is 12.8. The third kappa shape index (κ3) is 5.06. The first kappa shape index (κ1) is 22.8. The fourth-order valence-electron chi connectivity index (χ4n) is 2.81. The first-order valence-electron chi connectivity index (χ1n) is 9.00. The second kappa shape index (κ2) is 9.52. The number of hydrogen-bond acceptors (Lipinski definition) is 6. The summed E-state index contributed by atoms with van der Waals surface area (Å²) in [6.07, 6.45) is 0. The quantitative estimate of drug-likeness (QED) is 0.501. The van der Waals surface area contributed by atoms with E-state index in [2.05, 4.69) is 5.32 Å². The highest BCUT2D eigenvalue weighted by Crippen LogP contribution is 2.25. The van der Waals surface area contributed by atoms with Crippen molar-refractivity contribution >= 4 is 62.2 Å². The van der Waals surface area contributed by atoms with Crippen molar-refractivity contribution in [2.75, 3.05) is 38.1 Å². The number of halogens is 2. The molecule has 162 valence electrons. The number of thiocarbonyl (C=S) groups is 1. The van der Waals surface area contributed by atoms with Crippen LogP contribution in [-0.4, -0.2) is 61.5 Å². The van der Waals surface area contributed by atoms with Crippen LogP contribution >= 0.6 is 35.4 Å². The Morgan fingerprint density at radius 2 is 1.87 bits per heavy atom. The summed E-state index contributed by atoms with van der Waals surface area (Å²) in [5.41, 5.74) is 0.687. The van der Waals surface area contributed by atoms with Crippen LogP contribution in [0.4, 0.5) is 5.69 Å². The van der Waals surface area contributed by atoms with E-state index in [1.807, 2.05) is 4.90 Å². The second-order valence-corrected chi connectivity index (χ2v) is 9.36. The Bertz CT molecular complexity index is 1050. The number of nitrogens with one attached hydrogen (secondary N) is 1. The minimum atomic E-state index is -3.87. The minimum absolute atomic E-state index is 0.152. The van der Waals surface area contributed by atoms with Crippen molar-refractivity contribution in [3.63, 3.8) is 0 Å². The van der Waals surface area contributed by atoms with Crippen LogP contribution in [0.15, 0.2) is 39.8 Å². The van der Waals surface area contributed by atoms with Crippen molar-refractivity contribution in [1.29, 1.82) is 0 Å². The van der Waals surface area contributed by atoms with E-state index in [9.17, 15) is 13.2 Å². The van der Waals surface area contributed by atoms with Gasteiger partial charge in [0.2, 0.25) is 10.9 Å². The highest BCUT2D eigenvalue weighted by molar-refractivity contribution is 7.89. The van der Waals surface area contributed by atoms with E-state index in [0.717, 1.165) is 0 Å². The maximum atomic E-state index is 12.8. The van der Waals surface area contributed by atoms with Crippen molar-refractivity contribution in [3.05, 3.63) is 46.1 Å². The van der Waals surface area contributed by atoms with Gasteiger partial charge >= 0.3 is 5.97 Å². The van der Waals surface area contributed by atoms with E-state index >= 15 is 0 Å². The number of ether oxygens (including phenoxy) is 1. The third-order valence-corrected chi connectivity index (χ3v) is 7.22. The van der Waals surface area contributed by atoms with Gasteiger partial charge in [0.05, 0.1) is 16.7 Å². The van der Waals surface area contributed by atoms with Crippen molar-refractivity contribution in [1.82, 2.24) is 9.21 Å². The number of furan rings is 1. The van der Waals surface area contributed by atoms with Crippen molar-refractivity contribution in [2.45, 2.75) is 12.0 Å². The molecule has 8 nitrogen and oxygen atoms in total. The molecule has 1 aromatic carbocycles. The molecule has 0 aliphatic carbocycles. The summed E-state index contributed by atoms with van der Waals surface area (Å²) in [6, 6.07) is 7.61. The monoisotopic (exact) mass is 491 g/mol. The Kier molecular flexibility index (Phi) is 7.25. The average molecular weight is 492 g/mol. The van der Waals surface area contributed by atoms with Gasteiger partial charge in [0.1, 0.15) is 0 Å². The van der Waals surface area contributed by atoms with Crippen LogP contribution < -0.4 is 5.32 Å². The molecule has 0 amide bonds. The lowest BCUT2D eigenvalue weighted by molar-refractivity contribution is 0.0483. The predicted molar refractivity (Wildman–Crippen MR) is 118 cm³/mol. The van der Waals surface area contributed by atoms with E-state index < -0.39 is 16.0 Å². The van der Waals surface area contributed by atoms with Gasteiger partial charge < -0.3 is 19.4 Å². The summed E-state index contributed by atoms with van der Waals surface area (Å²) < 4.78 is 36.9. The SMILES string of the molecule is CCOC(=O)c1ccc(S(=O)(=O)N2CCN(C(=S)Nc3ccc(Cl)c(Cl)c3)CC2)o1. The van der Waals surface area contributed by atoms with E-state index in [1.165, 1.54) is 16.4 Å². The third-order valence-electron chi connectivity index (χ3n) is 4.35. The molecule has 2 aromatic rings. The molecule has 2 heterocycles. The molecule has 0 bridgehead atoms. The number of rotatable bonds is 5. The van der Waals surface area contributed by atoms with Gasteiger partial charge in [0.25, 0.3) is 10.0 Å². The number of sulfonamides is 1. The molecule has 12 heteroatoms. The molecule has 0 saturated carbocycles. The molecular formula is C18H19Cl2N3O5S2. The molecule has 0 radical (unpaired) electrons. The average Bonchev–Trinajstić information content (AvgIpc) is 3.22. The van der Waals surface area contributed by atoms with Crippen LogP contribution in [-0.2, 0) is 14.8 Å². The maximum Gasteiger partial charge on any atom is 0.374 e. The smallest absolute Gasteiger partial charge is 0.374 e. The molecule has 0 unspecified atom stereocenters. The molecule has 0 atom stereocenters. The van der Waals surface area contributed by atoms with E-state index in [1.54, 1.807) is 25.1 Å². The molecule has 1 aliphatic rings. The normalized spacial score (nSPS) is 15.1. The number of carbonyl (C=O) groups excluding carboxylic acids is 1. The van der Waals surface area contributed by atoms with Gasteiger partial charge in [0.15, 0.2) is 5.11 Å². The van der Waals surface area contributed by atoms with Crippen LogP contribution in [0.2, 0.25) is 10.0 Å². The van der Waals surface area contributed by atoms with Crippen LogP contribution in [0.5, 0.6) is 0 Å². The zero-order valence-electron chi connectivity index (χ0n) is 15.9. The lowest BCUT2D eigenvalue weighted by Gasteiger charge is -2.35. The van der Waals surface area contributed by atoms with Crippen molar-refractivity contribution in [3.8, 4) is 0 Å². The van der Waals surface area contributed by atoms with Gasteiger partial charge in [-0.25, -0.2) is 13.2 Å². The largest absolute Gasteiger partial charge is 0.460 e. The topological polar surface area (TPSA) is 92.1 Å². The standard InChI is InChI=1S/C18H19Cl2N3O5S2/c1-2-27-17(24)15-5-6-16(28-15)30(25,26)23-9-7-22(8-10-23)18(29)21-12-3-4-13(19)14(20)11-12/h3-6,11H,2,7-10H2,1H3,(H,21,29). The lowest BCUT2D eigenvalue weighted by atomic mass is 10.3. The van der Waals surface area contributed by atoms with E-state index in [-0.39, 0.29) is 30.5 Å². The molecule has 1 saturated heterocycles. The van der Waals surface area contributed by atoms with E-state index in [4.69, 9.17) is 44.6 Å². The van der Waals surface area contributed by atoms with Gasteiger partial charge in [0, 0.05) is 31.9 Å². The van der Waals surface area contributed by atoms with Crippen molar-refractivity contribution < 1.29 is 22.4 Å². The zero-order chi connectivity index (χ0) is 21.9. The van der Waals surface area contributed by atoms with Crippen LogP contribution in [0.1, 0.15) is 17.5 Å². The fourth-order valence-corrected chi connectivity index (χ4v) is 4.74. The molecule has 0 spiro atoms. The number of hydrogen-bond donors (Lipinski definition) is 1. The Balaban J connectivity index is 1.60. The van der Waals surface area contributed by atoms with E-state index in [0.29, 0.717) is 33.9 Å². The van der Waals surface area contributed by atoms with Gasteiger partial charge in [-0.3, -0.25) is 0 Å². The highest BCUT2D eigenvalue weighted by atomic mass is 35.5. The number of esters is 1. The number of nitrogens with zero attached hydrogens (tertiary/aromatic N) is 2. The van der Waals surface area contributed by atoms with Crippen LogP contribution in [0.3, 0.4) is 0 Å². The summed E-state index contributed by atoms with van der Waals surface area (Å²) in [7, 11) is -3.87. The second-order valence-electron chi connectivity index (χ2n) is 6.29. The molecule has 1 N–H and O–H groups in total. The summed E-state index contributed by atoms with van der Waals surface area (Å²) in [5.74, 6) is -0.858. The van der Waals surface area contributed by atoms with Crippen LogP contribution in [0.25, 0.3) is 0 Å². The van der Waals surface area contributed by atoms with Crippen LogP contribution in [0, 0.1) is 0 Å². The first-order chi connectivity index (χ1) is 14.2. The molecule has 1 aliphatic heterocycles. The fraction of sp³-hybridized carbons (Fsp3) is 0.333. The Morgan fingerprint density at radius 3 is 2.50 bits per heavy atom. The van der Waals surface area contributed by atoms with Gasteiger partial charge in [-0.2, -0.15) is 4.31 Å². The zero-order valence-corrected chi connectivity index (χ0v) is 19.1. The number of benzene rings is 1. The summed E-state index contributed by atoms with van der Waals surface area (Å²) in [4.78, 5) is 13.6. The molecule has 3 rings (SSSR count). The Labute approximate surface area is 189 Å². The Morgan fingerprint density at radius 1 is 1.17 bits per heavy atom. The number of anilines is 1. The molecule has 30 heavy (non-hydrogen) atoms. The summed E-state index contributed by atoms with van der Waals surface area (Å²) >= 11 is 17.3. The Hall–Kier alpha value is -1.85. The molecular weight excluding hydrogens is 473 g/mol. The van der Waals surface area contributed by atoms with Crippen molar-refractivity contribution in [2.24, 2.45) is 0 Å². The molecule has 1 fully saturated rings. The summed E-state index contributed by atoms with van der Waals surface area (Å²) in [5, 5.41) is 4.07. The predicted octanol–water partition coefficient (Wildman–Crippen LogP) is 3.47. The molecule has 1 aromatic heterocycles. The summed E-state index contributed by atoms with van der Waals surface area (Å²) in [6.45, 7) is 3.01. The van der Waals surface area contributed by atoms with Gasteiger partial charge in [-0.05, 0) is 49.5 Å².